The summed E-state index contributed by atoms with van der Waals surface area (Å²) in [6.45, 7) is 4.97. The van der Waals surface area contributed by atoms with Gasteiger partial charge in [0.1, 0.15) is 0 Å². The average Bonchev–Trinajstić information content (AvgIpc) is 3.15. The van der Waals surface area contributed by atoms with E-state index >= 15 is 0 Å². The van der Waals surface area contributed by atoms with Gasteiger partial charge in [0, 0.05) is 24.4 Å². The van der Waals surface area contributed by atoms with Crippen LogP contribution in [0.25, 0.3) is 0 Å². The van der Waals surface area contributed by atoms with Gasteiger partial charge in [-0.15, -0.1) is 0 Å². The lowest BCUT2D eigenvalue weighted by Gasteiger charge is -2.41. The molecule has 8 heteroatoms. The van der Waals surface area contributed by atoms with Crippen molar-refractivity contribution >= 4 is 19.9 Å². The van der Waals surface area contributed by atoms with Crippen LogP contribution in [0.1, 0.15) is 37.3 Å². The zero-order valence-electron chi connectivity index (χ0n) is 22.1. The molecule has 3 aromatic carbocycles. The molecular formula is C30H36N2O4S2. The summed E-state index contributed by atoms with van der Waals surface area (Å²) in [5, 5.41) is 0. The van der Waals surface area contributed by atoms with E-state index in [0.29, 0.717) is 16.3 Å². The fourth-order valence-corrected chi connectivity index (χ4v) is 9.77. The van der Waals surface area contributed by atoms with Crippen LogP contribution < -0.4 is 0 Å². The van der Waals surface area contributed by atoms with Crippen molar-refractivity contribution in [3.8, 4) is 0 Å². The third-order valence-electron chi connectivity index (χ3n) is 8.55. The summed E-state index contributed by atoms with van der Waals surface area (Å²) in [6, 6.07) is 26.2. The summed E-state index contributed by atoms with van der Waals surface area (Å²) in [5.41, 5.74) is 1.41. The van der Waals surface area contributed by atoms with Gasteiger partial charge in [-0.05, 0) is 68.2 Å². The molecule has 38 heavy (non-hydrogen) atoms. The molecule has 5 rings (SSSR count). The molecule has 2 heterocycles. The van der Waals surface area contributed by atoms with Crippen LogP contribution in [0.2, 0.25) is 0 Å². The Morgan fingerprint density at radius 2 is 1.47 bits per heavy atom. The molecule has 0 saturated carbocycles. The van der Waals surface area contributed by atoms with Gasteiger partial charge in [-0.3, -0.25) is 0 Å². The highest BCUT2D eigenvalue weighted by Gasteiger charge is 2.48. The highest BCUT2D eigenvalue weighted by atomic mass is 32.2. The minimum atomic E-state index is -3.62. The molecule has 1 fully saturated rings. The molecule has 0 aliphatic carbocycles. The van der Waals surface area contributed by atoms with Gasteiger partial charge in [0.05, 0.1) is 15.5 Å². The molecule has 0 amide bonds. The number of hydrogen-bond donors (Lipinski definition) is 0. The lowest BCUT2D eigenvalue weighted by Crippen LogP contribution is -2.46. The van der Waals surface area contributed by atoms with E-state index in [1.165, 1.54) is 4.31 Å². The normalized spacial score (nSPS) is 20.3. The number of benzene rings is 3. The molecular weight excluding hydrogens is 516 g/mol. The summed E-state index contributed by atoms with van der Waals surface area (Å²) in [6.07, 6.45) is 2.41. The molecule has 1 unspecified atom stereocenters. The Bertz CT molecular complexity index is 1480. The van der Waals surface area contributed by atoms with E-state index in [0.717, 1.165) is 50.0 Å². The first kappa shape index (κ1) is 27.1. The van der Waals surface area contributed by atoms with Gasteiger partial charge in [0.25, 0.3) is 0 Å². The maximum absolute atomic E-state index is 13.3. The van der Waals surface area contributed by atoms with Crippen LogP contribution in [0, 0.1) is 0 Å². The minimum Gasteiger partial charge on any atom is -0.303 e. The van der Waals surface area contributed by atoms with E-state index in [1.54, 1.807) is 37.4 Å². The van der Waals surface area contributed by atoms with E-state index in [1.807, 2.05) is 42.5 Å². The topological polar surface area (TPSA) is 74.8 Å². The molecule has 0 aromatic heterocycles. The number of likely N-dealkylation sites (N-methyl/N-ethyl adjacent to an activating group) is 1. The van der Waals surface area contributed by atoms with Crippen molar-refractivity contribution in [3.63, 3.8) is 0 Å². The van der Waals surface area contributed by atoms with Crippen LogP contribution in [0.3, 0.4) is 0 Å². The van der Waals surface area contributed by atoms with E-state index < -0.39 is 25.3 Å². The van der Waals surface area contributed by atoms with Gasteiger partial charge >= 0.3 is 0 Å². The van der Waals surface area contributed by atoms with Crippen molar-refractivity contribution in [2.45, 2.75) is 46.8 Å². The number of nitrogens with zero attached hydrogens (tertiary/aromatic N) is 2. The standard InChI is InChI=1S/C30H36N2O4S2/c1-29(25-11-5-3-6-12-25,23-31(2)38(35,36)26-13-7-4-8-14-26)17-20-32-21-18-30(19-22-32)24-37(33,34)28-16-10-9-15-27(28)30/h3-16H,17-24H2,1-2H3. The van der Waals surface area contributed by atoms with E-state index in [9.17, 15) is 16.8 Å². The summed E-state index contributed by atoms with van der Waals surface area (Å²) >= 11 is 0. The second kappa shape index (κ2) is 10.2. The average molecular weight is 553 g/mol. The zero-order valence-corrected chi connectivity index (χ0v) is 23.7. The molecule has 0 bridgehead atoms. The third-order valence-corrected chi connectivity index (χ3v) is 12.3. The number of piperidine rings is 1. The van der Waals surface area contributed by atoms with Gasteiger partial charge in [-0.2, -0.15) is 0 Å². The summed E-state index contributed by atoms with van der Waals surface area (Å²) in [4.78, 5) is 3.21. The Morgan fingerprint density at radius 1 is 0.895 bits per heavy atom. The number of hydrogen-bond acceptors (Lipinski definition) is 5. The number of sulfonamides is 1. The summed E-state index contributed by atoms with van der Waals surface area (Å²) < 4.78 is 53.8. The fourth-order valence-electron chi connectivity index (χ4n) is 6.22. The van der Waals surface area contributed by atoms with Crippen molar-refractivity contribution in [2.24, 2.45) is 0 Å². The van der Waals surface area contributed by atoms with Gasteiger partial charge in [-0.1, -0.05) is 73.7 Å². The van der Waals surface area contributed by atoms with Crippen LogP contribution in [-0.2, 0) is 30.7 Å². The Morgan fingerprint density at radius 3 is 2.13 bits per heavy atom. The third kappa shape index (κ3) is 5.07. The number of rotatable bonds is 8. The van der Waals surface area contributed by atoms with Gasteiger partial charge < -0.3 is 4.90 Å². The predicted molar refractivity (Wildman–Crippen MR) is 151 cm³/mol. The minimum absolute atomic E-state index is 0.205. The van der Waals surface area contributed by atoms with Crippen molar-refractivity contribution < 1.29 is 16.8 Å². The first-order valence-corrected chi connectivity index (χ1v) is 16.3. The first-order valence-electron chi connectivity index (χ1n) is 13.2. The van der Waals surface area contributed by atoms with Gasteiger partial charge in [-0.25, -0.2) is 21.1 Å². The highest BCUT2D eigenvalue weighted by Crippen LogP contribution is 2.46. The number of fused-ring (bicyclic) bond motifs is 2. The lowest BCUT2D eigenvalue weighted by molar-refractivity contribution is 0.155. The second-order valence-corrected chi connectivity index (χ2v) is 15.1. The van der Waals surface area contributed by atoms with Crippen molar-refractivity contribution in [3.05, 3.63) is 96.1 Å². The lowest BCUT2D eigenvalue weighted by atomic mass is 9.74. The molecule has 1 spiro atoms. The largest absolute Gasteiger partial charge is 0.303 e. The molecule has 0 N–H and O–H groups in total. The monoisotopic (exact) mass is 552 g/mol. The van der Waals surface area contributed by atoms with Crippen LogP contribution >= 0.6 is 0 Å². The molecule has 2 aliphatic rings. The van der Waals surface area contributed by atoms with E-state index in [-0.39, 0.29) is 11.2 Å². The van der Waals surface area contributed by atoms with E-state index in [4.69, 9.17) is 0 Å². The molecule has 1 atom stereocenters. The Hall–Kier alpha value is -2.52. The van der Waals surface area contributed by atoms with Crippen LogP contribution in [0.4, 0.5) is 0 Å². The van der Waals surface area contributed by atoms with Crippen molar-refractivity contribution in [1.29, 1.82) is 0 Å². The summed E-state index contributed by atoms with van der Waals surface area (Å²) in [7, 11) is -5.19. The smallest absolute Gasteiger partial charge is 0.242 e. The Labute approximate surface area is 227 Å². The highest BCUT2D eigenvalue weighted by molar-refractivity contribution is 7.91. The molecule has 0 radical (unpaired) electrons. The zero-order chi connectivity index (χ0) is 27.0. The van der Waals surface area contributed by atoms with Crippen LogP contribution in [0.5, 0.6) is 0 Å². The molecule has 3 aromatic rings. The van der Waals surface area contributed by atoms with Crippen LogP contribution in [-0.4, -0.2) is 65.0 Å². The quantitative estimate of drug-likeness (QED) is 0.412. The molecule has 2 aliphatic heterocycles. The van der Waals surface area contributed by atoms with Gasteiger partial charge in [0.2, 0.25) is 10.0 Å². The van der Waals surface area contributed by atoms with Crippen molar-refractivity contribution in [2.75, 3.05) is 39.0 Å². The fraction of sp³-hybridized carbons (Fsp3) is 0.400. The first-order chi connectivity index (χ1) is 18.1. The molecule has 202 valence electrons. The Balaban J connectivity index is 1.30. The SMILES string of the molecule is CN(CC(C)(CCN1CCC2(CC1)CS(=O)(=O)c1ccccc12)c1ccccc1)S(=O)(=O)c1ccccc1. The second-order valence-electron chi connectivity index (χ2n) is 11.1. The van der Waals surface area contributed by atoms with Crippen LogP contribution in [0.15, 0.2) is 94.7 Å². The predicted octanol–water partition coefficient (Wildman–Crippen LogP) is 4.48. The molecule has 1 saturated heterocycles. The Kier molecular flexibility index (Phi) is 7.28. The molecule has 6 nitrogen and oxygen atoms in total. The number of sulfone groups is 1. The van der Waals surface area contributed by atoms with E-state index in [2.05, 4.69) is 24.0 Å². The van der Waals surface area contributed by atoms with Crippen molar-refractivity contribution in [1.82, 2.24) is 9.21 Å². The summed E-state index contributed by atoms with van der Waals surface area (Å²) in [5.74, 6) is 0.205. The van der Waals surface area contributed by atoms with Gasteiger partial charge in [0.15, 0.2) is 9.84 Å². The maximum Gasteiger partial charge on any atom is 0.242 e. The maximum atomic E-state index is 13.3. The number of likely N-dealkylation sites (tertiary alicyclic amines) is 1.